The normalized spacial score (nSPS) is 10.9. The van der Waals surface area contributed by atoms with Gasteiger partial charge in [-0.1, -0.05) is 59.6 Å². The summed E-state index contributed by atoms with van der Waals surface area (Å²) in [5, 5.41) is 2.26. The molecule has 1 nitrogen and oxygen atoms in total. The summed E-state index contributed by atoms with van der Waals surface area (Å²) in [6.45, 7) is 1.95. The molecule has 3 rings (SSSR count). The van der Waals surface area contributed by atoms with Gasteiger partial charge in [-0.3, -0.25) is 0 Å². The molecule has 3 heteroatoms. The van der Waals surface area contributed by atoms with E-state index in [9.17, 15) is 0 Å². The molecule has 1 heterocycles. The number of hydrogen-bond donors (Lipinski definition) is 0. The number of nitrogens with zero attached hydrogens (tertiary/aromatic N) is 1. The number of hydrogen-bond acceptors (Lipinski definition) is 1. The third-order valence-electron chi connectivity index (χ3n) is 3.21. The van der Waals surface area contributed by atoms with E-state index in [0.717, 1.165) is 27.6 Å². The van der Waals surface area contributed by atoms with Crippen LogP contribution in [0.1, 0.15) is 5.56 Å². The van der Waals surface area contributed by atoms with Crippen LogP contribution >= 0.6 is 23.2 Å². The van der Waals surface area contributed by atoms with Gasteiger partial charge in [-0.15, -0.1) is 0 Å². The fourth-order valence-electron chi connectivity index (χ4n) is 2.15. The molecule has 0 amide bonds. The molecule has 0 saturated heterocycles. The van der Waals surface area contributed by atoms with Gasteiger partial charge in [0.2, 0.25) is 0 Å². The van der Waals surface area contributed by atoms with Crippen molar-refractivity contribution < 1.29 is 0 Å². The van der Waals surface area contributed by atoms with Crippen molar-refractivity contribution in [2.75, 3.05) is 0 Å². The van der Waals surface area contributed by atoms with Crippen LogP contribution in [0.3, 0.4) is 0 Å². The smallest absolute Gasteiger partial charge is 0.137 e. The molecule has 2 aromatic carbocycles. The fraction of sp³-hybridized carbons (Fsp3) is 0.0625. The van der Waals surface area contributed by atoms with Gasteiger partial charge in [0, 0.05) is 16.0 Å². The van der Waals surface area contributed by atoms with Crippen LogP contribution in [-0.4, -0.2) is 4.98 Å². The highest BCUT2D eigenvalue weighted by Crippen LogP contribution is 2.32. The Bertz CT molecular complexity index is 752. The largest absolute Gasteiger partial charge is 0.235 e. The van der Waals surface area contributed by atoms with Gasteiger partial charge in [0.05, 0.1) is 5.52 Å². The van der Waals surface area contributed by atoms with E-state index in [1.54, 1.807) is 0 Å². The monoisotopic (exact) mass is 287 g/mol. The van der Waals surface area contributed by atoms with Crippen molar-refractivity contribution in [1.82, 2.24) is 4.98 Å². The van der Waals surface area contributed by atoms with Crippen LogP contribution in [0.2, 0.25) is 10.2 Å². The Morgan fingerprint density at radius 2 is 1.68 bits per heavy atom. The second kappa shape index (κ2) is 4.84. The zero-order chi connectivity index (χ0) is 13.4. The van der Waals surface area contributed by atoms with E-state index in [1.807, 2.05) is 49.4 Å². The minimum absolute atomic E-state index is 0.504. The van der Waals surface area contributed by atoms with Gasteiger partial charge < -0.3 is 0 Å². The first-order valence-electron chi connectivity index (χ1n) is 5.97. The van der Waals surface area contributed by atoms with Gasteiger partial charge in [0.1, 0.15) is 5.15 Å². The summed E-state index contributed by atoms with van der Waals surface area (Å²) in [5.41, 5.74) is 3.82. The van der Waals surface area contributed by atoms with Crippen LogP contribution in [0.15, 0.2) is 48.5 Å². The molecule has 3 aromatic rings. The van der Waals surface area contributed by atoms with Crippen molar-refractivity contribution in [3.63, 3.8) is 0 Å². The summed E-state index contributed by atoms with van der Waals surface area (Å²) < 4.78 is 0. The van der Waals surface area contributed by atoms with E-state index in [0.29, 0.717) is 10.2 Å². The lowest BCUT2D eigenvalue weighted by Gasteiger charge is -2.09. The molecule has 0 spiro atoms. The lowest BCUT2D eigenvalue weighted by atomic mass is 10.0. The summed E-state index contributed by atoms with van der Waals surface area (Å²) in [6, 6.07) is 15.9. The van der Waals surface area contributed by atoms with Gasteiger partial charge in [-0.2, -0.15) is 0 Å². The Kier molecular flexibility index (Phi) is 3.17. The molecule has 0 aliphatic rings. The van der Waals surface area contributed by atoms with E-state index in [-0.39, 0.29) is 0 Å². The SMILES string of the molecule is Cc1c(Cl)ccc2cc(-c3ccccc3)c(Cl)nc12. The molecule has 0 bridgehead atoms. The van der Waals surface area contributed by atoms with Crippen molar-refractivity contribution in [3.05, 3.63) is 64.3 Å². The van der Waals surface area contributed by atoms with Crippen LogP contribution in [-0.2, 0) is 0 Å². The molecular formula is C16H11Cl2N. The summed E-state index contributed by atoms with van der Waals surface area (Å²) in [4.78, 5) is 4.49. The van der Waals surface area contributed by atoms with Gasteiger partial charge in [0.15, 0.2) is 0 Å². The molecule has 0 atom stereocenters. The Labute approximate surface area is 121 Å². The topological polar surface area (TPSA) is 12.9 Å². The van der Waals surface area contributed by atoms with Crippen LogP contribution in [0.4, 0.5) is 0 Å². The highest BCUT2D eigenvalue weighted by Gasteiger charge is 2.09. The third kappa shape index (κ3) is 2.20. The molecule has 0 radical (unpaired) electrons. The van der Waals surface area contributed by atoms with Gasteiger partial charge >= 0.3 is 0 Å². The Morgan fingerprint density at radius 3 is 2.42 bits per heavy atom. The molecule has 0 unspecified atom stereocenters. The maximum Gasteiger partial charge on any atom is 0.137 e. The Balaban J connectivity index is 2.30. The highest BCUT2D eigenvalue weighted by molar-refractivity contribution is 6.33. The van der Waals surface area contributed by atoms with E-state index < -0.39 is 0 Å². The van der Waals surface area contributed by atoms with E-state index >= 15 is 0 Å². The van der Waals surface area contributed by atoms with Crippen molar-refractivity contribution >= 4 is 34.1 Å². The van der Waals surface area contributed by atoms with Crippen LogP contribution < -0.4 is 0 Å². The first kappa shape index (κ1) is 12.5. The molecule has 1 aromatic heterocycles. The first-order chi connectivity index (χ1) is 9.16. The van der Waals surface area contributed by atoms with Gasteiger partial charge in [0.25, 0.3) is 0 Å². The van der Waals surface area contributed by atoms with Crippen LogP contribution in [0.25, 0.3) is 22.0 Å². The van der Waals surface area contributed by atoms with E-state index in [1.165, 1.54) is 0 Å². The van der Waals surface area contributed by atoms with Gasteiger partial charge in [-0.25, -0.2) is 4.98 Å². The minimum Gasteiger partial charge on any atom is -0.235 e. The summed E-state index contributed by atoms with van der Waals surface area (Å²) in [5.74, 6) is 0. The Hall–Kier alpha value is -1.57. The van der Waals surface area contributed by atoms with Crippen LogP contribution in [0, 0.1) is 6.92 Å². The number of rotatable bonds is 1. The number of benzene rings is 2. The number of halogens is 2. The summed E-state index contributed by atoms with van der Waals surface area (Å²) >= 11 is 12.4. The van der Waals surface area contributed by atoms with Crippen molar-refractivity contribution in [3.8, 4) is 11.1 Å². The second-order valence-corrected chi connectivity index (χ2v) is 5.20. The number of aryl methyl sites for hydroxylation is 1. The summed E-state index contributed by atoms with van der Waals surface area (Å²) in [7, 11) is 0. The van der Waals surface area contributed by atoms with Crippen molar-refractivity contribution in [2.45, 2.75) is 6.92 Å². The average molecular weight is 288 g/mol. The maximum absolute atomic E-state index is 6.31. The predicted octanol–water partition coefficient (Wildman–Crippen LogP) is 5.52. The lowest BCUT2D eigenvalue weighted by Crippen LogP contribution is -1.89. The molecule has 0 fully saturated rings. The Morgan fingerprint density at radius 1 is 0.947 bits per heavy atom. The number of fused-ring (bicyclic) bond motifs is 1. The second-order valence-electron chi connectivity index (χ2n) is 4.44. The zero-order valence-electron chi connectivity index (χ0n) is 10.3. The predicted molar refractivity (Wildman–Crippen MR) is 81.9 cm³/mol. The number of pyridine rings is 1. The molecule has 0 aliphatic heterocycles. The minimum atomic E-state index is 0.504. The number of aromatic nitrogens is 1. The standard InChI is InChI=1S/C16H11Cl2N/c1-10-14(17)8-7-12-9-13(16(18)19-15(10)12)11-5-3-2-4-6-11/h2-9H,1H3. The van der Waals surface area contributed by atoms with Crippen molar-refractivity contribution in [1.29, 1.82) is 0 Å². The van der Waals surface area contributed by atoms with E-state index in [4.69, 9.17) is 23.2 Å². The molecule has 94 valence electrons. The molecule has 0 saturated carbocycles. The van der Waals surface area contributed by atoms with Gasteiger partial charge in [-0.05, 0) is 30.2 Å². The summed E-state index contributed by atoms with van der Waals surface area (Å²) in [6.07, 6.45) is 0. The first-order valence-corrected chi connectivity index (χ1v) is 6.73. The maximum atomic E-state index is 6.31. The molecule has 0 aliphatic carbocycles. The quantitative estimate of drug-likeness (QED) is 0.537. The van der Waals surface area contributed by atoms with Crippen molar-refractivity contribution in [2.24, 2.45) is 0 Å². The molecular weight excluding hydrogens is 277 g/mol. The lowest BCUT2D eigenvalue weighted by molar-refractivity contribution is 1.36. The molecule has 0 N–H and O–H groups in total. The van der Waals surface area contributed by atoms with Crippen LogP contribution in [0.5, 0.6) is 0 Å². The fourth-order valence-corrected chi connectivity index (χ4v) is 2.56. The zero-order valence-corrected chi connectivity index (χ0v) is 11.8. The average Bonchev–Trinajstić information content (AvgIpc) is 2.44. The highest BCUT2D eigenvalue weighted by atomic mass is 35.5. The molecule has 19 heavy (non-hydrogen) atoms. The van der Waals surface area contributed by atoms with E-state index in [2.05, 4.69) is 11.1 Å². The third-order valence-corrected chi connectivity index (χ3v) is 3.91.